The molecule has 0 bridgehead atoms. The molecule has 148 valence electrons. The van der Waals surface area contributed by atoms with Gasteiger partial charge in [0.1, 0.15) is 18.2 Å². The number of carbonyl (C=O) groups is 3. The van der Waals surface area contributed by atoms with Gasteiger partial charge in [-0.1, -0.05) is 18.2 Å². The van der Waals surface area contributed by atoms with Crippen LogP contribution in [0.5, 0.6) is 0 Å². The van der Waals surface area contributed by atoms with Crippen molar-refractivity contribution in [3.63, 3.8) is 0 Å². The van der Waals surface area contributed by atoms with Gasteiger partial charge in [0.15, 0.2) is 0 Å². The zero-order chi connectivity index (χ0) is 19.8. The molecule has 3 amide bonds. The Hall–Kier alpha value is -2.87. The summed E-state index contributed by atoms with van der Waals surface area (Å²) in [5.74, 6) is -0.742. The molecule has 2 aliphatic heterocycles. The van der Waals surface area contributed by atoms with Gasteiger partial charge >= 0.3 is 0 Å². The summed E-state index contributed by atoms with van der Waals surface area (Å²) >= 11 is 0. The number of aromatic amines is 1. The minimum atomic E-state index is -1.10. The van der Waals surface area contributed by atoms with Crippen LogP contribution >= 0.6 is 0 Å². The van der Waals surface area contributed by atoms with Crippen LogP contribution in [0.3, 0.4) is 0 Å². The molecule has 0 unspecified atom stereocenters. The maximum atomic E-state index is 13.0. The molecule has 1 aromatic heterocycles. The molecule has 28 heavy (non-hydrogen) atoms. The second-order valence-corrected chi connectivity index (χ2v) is 7.58. The van der Waals surface area contributed by atoms with E-state index in [0.29, 0.717) is 25.8 Å². The molecule has 2 aliphatic rings. The van der Waals surface area contributed by atoms with Crippen LogP contribution in [-0.4, -0.2) is 63.5 Å². The van der Waals surface area contributed by atoms with Crippen molar-refractivity contribution in [3.8, 4) is 0 Å². The highest BCUT2D eigenvalue weighted by Crippen LogP contribution is 2.25. The fraction of sp³-hybridized carbons (Fsp3) is 0.450. The normalized spacial score (nSPS) is 25.9. The Morgan fingerprint density at radius 1 is 1.36 bits per heavy atom. The number of aromatic nitrogens is 1. The van der Waals surface area contributed by atoms with Crippen molar-refractivity contribution < 1.29 is 19.5 Å². The molecule has 4 N–H and O–H groups in total. The summed E-state index contributed by atoms with van der Waals surface area (Å²) in [7, 11) is 0. The predicted molar refractivity (Wildman–Crippen MR) is 102 cm³/mol. The first-order valence-electron chi connectivity index (χ1n) is 9.58. The Morgan fingerprint density at radius 2 is 2.14 bits per heavy atom. The number of rotatable bonds is 4. The van der Waals surface area contributed by atoms with Gasteiger partial charge in [0.05, 0.1) is 0 Å². The molecule has 3 heterocycles. The van der Waals surface area contributed by atoms with Crippen molar-refractivity contribution in [2.24, 2.45) is 0 Å². The third-order valence-corrected chi connectivity index (χ3v) is 5.63. The molecule has 0 radical (unpaired) electrons. The van der Waals surface area contributed by atoms with E-state index in [1.807, 2.05) is 30.5 Å². The van der Waals surface area contributed by atoms with E-state index in [9.17, 15) is 19.5 Å². The van der Waals surface area contributed by atoms with Gasteiger partial charge in [0.2, 0.25) is 17.7 Å². The maximum absolute atomic E-state index is 13.0. The van der Waals surface area contributed by atoms with Crippen LogP contribution in [0.1, 0.15) is 25.3 Å². The Balaban J connectivity index is 1.46. The second-order valence-electron chi connectivity index (χ2n) is 7.58. The van der Waals surface area contributed by atoms with Gasteiger partial charge in [-0.3, -0.25) is 14.4 Å². The number of piperidine rings is 1. The summed E-state index contributed by atoms with van der Waals surface area (Å²) in [4.78, 5) is 42.2. The number of H-pyrrole nitrogens is 1. The average molecular weight is 384 g/mol. The SMILES string of the molecule is C[C@H](O)C(=O)N[C@H]1CCN2C(=O)[C@@H](Cc3c[nH]c4ccccc34)NC(=O)[C@@H]2C1. The lowest BCUT2D eigenvalue weighted by molar-refractivity contribution is -0.152. The fourth-order valence-electron chi connectivity index (χ4n) is 4.12. The lowest BCUT2D eigenvalue weighted by Crippen LogP contribution is -2.67. The van der Waals surface area contributed by atoms with Gasteiger partial charge in [0, 0.05) is 36.1 Å². The number of aliphatic hydroxyl groups excluding tert-OH is 1. The number of para-hydroxylation sites is 1. The average Bonchev–Trinajstić information content (AvgIpc) is 3.09. The van der Waals surface area contributed by atoms with Crippen molar-refractivity contribution in [1.82, 2.24) is 20.5 Å². The number of nitrogens with one attached hydrogen (secondary N) is 3. The summed E-state index contributed by atoms with van der Waals surface area (Å²) in [5, 5.41) is 16.0. The zero-order valence-electron chi connectivity index (χ0n) is 15.6. The smallest absolute Gasteiger partial charge is 0.248 e. The number of benzene rings is 1. The first-order valence-corrected chi connectivity index (χ1v) is 9.58. The molecule has 8 nitrogen and oxygen atoms in total. The minimum Gasteiger partial charge on any atom is -0.384 e. The van der Waals surface area contributed by atoms with Crippen LogP contribution in [0.15, 0.2) is 30.5 Å². The minimum absolute atomic E-state index is 0.0878. The number of aliphatic hydroxyl groups is 1. The van der Waals surface area contributed by atoms with E-state index in [4.69, 9.17) is 0 Å². The lowest BCUT2D eigenvalue weighted by Gasteiger charge is -2.44. The largest absolute Gasteiger partial charge is 0.384 e. The van der Waals surface area contributed by atoms with Crippen LogP contribution in [0, 0.1) is 0 Å². The quantitative estimate of drug-likeness (QED) is 0.597. The highest BCUT2D eigenvalue weighted by Gasteiger charge is 2.44. The van der Waals surface area contributed by atoms with E-state index < -0.39 is 24.1 Å². The monoisotopic (exact) mass is 384 g/mol. The zero-order valence-corrected chi connectivity index (χ0v) is 15.6. The maximum Gasteiger partial charge on any atom is 0.248 e. The number of piperazine rings is 1. The second kappa shape index (κ2) is 7.27. The molecule has 1 aromatic carbocycles. The summed E-state index contributed by atoms with van der Waals surface area (Å²) in [6.45, 7) is 1.81. The van der Waals surface area contributed by atoms with Crippen LogP contribution in [0.25, 0.3) is 10.9 Å². The van der Waals surface area contributed by atoms with Crippen LogP contribution in [0.4, 0.5) is 0 Å². The molecular weight excluding hydrogens is 360 g/mol. The summed E-state index contributed by atoms with van der Waals surface area (Å²) in [5.41, 5.74) is 1.99. The number of hydrogen-bond acceptors (Lipinski definition) is 4. The standard InChI is InChI=1S/C20H24N4O4/c1-11(25)18(26)22-13-6-7-24-17(9-13)19(27)23-16(20(24)28)8-12-10-21-15-5-3-2-4-14(12)15/h2-5,10-11,13,16-17,21,25H,6-9H2,1H3,(H,22,26)(H,23,27)/t11-,13-,16+,17-/m0/s1. The number of fused-ring (bicyclic) bond motifs is 2. The van der Waals surface area contributed by atoms with Gasteiger partial charge < -0.3 is 25.6 Å². The third kappa shape index (κ3) is 3.35. The summed E-state index contributed by atoms with van der Waals surface area (Å²) in [6, 6.07) is 6.46. The number of carbonyl (C=O) groups excluding carboxylic acids is 3. The molecule has 0 spiro atoms. The number of hydrogen-bond donors (Lipinski definition) is 4. The molecule has 2 fully saturated rings. The molecule has 4 rings (SSSR count). The van der Waals surface area contributed by atoms with E-state index in [-0.39, 0.29) is 17.9 Å². The molecule has 0 aliphatic carbocycles. The topological polar surface area (TPSA) is 115 Å². The van der Waals surface area contributed by atoms with Gasteiger partial charge in [-0.2, -0.15) is 0 Å². The molecule has 2 aromatic rings. The Labute approximate surface area is 162 Å². The van der Waals surface area contributed by atoms with Gasteiger partial charge in [-0.15, -0.1) is 0 Å². The van der Waals surface area contributed by atoms with Gasteiger partial charge in [0.25, 0.3) is 0 Å². The molecule has 0 saturated carbocycles. The van der Waals surface area contributed by atoms with Crippen molar-refractivity contribution in [2.45, 2.75) is 50.4 Å². The fourth-order valence-corrected chi connectivity index (χ4v) is 4.12. The van der Waals surface area contributed by atoms with Crippen LogP contribution < -0.4 is 10.6 Å². The molecular formula is C20H24N4O4. The Morgan fingerprint density at radius 3 is 2.93 bits per heavy atom. The summed E-state index contributed by atoms with van der Waals surface area (Å²) in [6.07, 6.45) is 2.14. The number of amides is 3. The molecule has 4 atom stereocenters. The first kappa shape index (κ1) is 18.5. The summed E-state index contributed by atoms with van der Waals surface area (Å²) < 4.78 is 0. The van der Waals surface area contributed by atoms with Crippen molar-refractivity contribution in [2.75, 3.05) is 6.54 Å². The van der Waals surface area contributed by atoms with E-state index in [1.54, 1.807) is 4.90 Å². The van der Waals surface area contributed by atoms with Crippen molar-refractivity contribution in [1.29, 1.82) is 0 Å². The van der Waals surface area contributed by atoms with Crippen LogP contribution in [-0.2, 0) is 20.8 Å². The number of nitrogens with zero attached hydrogens (tertiary/aromatic N) is 1. The van der Waals surface area contributed by atoms with Crippen molar-refractivity contribution in [3.05, 3.63) is 36.0 Å². The predicted octanol–water partition coefficient (Wildman–Crippen LogP) is 0.0654. The third-order valence-electron chi connectivity index (χ3n) is 5.63. The Bertz CT molecular complexity index is 922. The molecule has 2 saturated heterocycles. The van der Waals surface area contributed by atoms with Crippen LogP contribution in [0.2, 0.25) is 0 Å². The lowest BCUT2D eigenvalue weighted by atomic mass is 9.91. The van der Waals surface area contributed by atoms with Crippen molar-refractivity contribution >= 4 is 28.6 Å². The van der Waals surface area contributed by atoms with E-state index >= 15 is 0 Å². The highest BCUT2D eigenvalue weighted by molar-refractivity contribution is 5.98. The highest BCUT2D eigenvalue weighted by atomic mass is 16.3. The van der Waals surface area contributed by atoms with Gasteiger partial charge in [-0.05, 0) is 31.4 Å². The van der Waals surface area contributed by atoms with E-state index in [1.165, 1.54) is 6.92 Å². The molecule has 8 heteroatoms. The Kier molecular flexibility index (Phi) is 4.80. The van der Waals surface area contributed by atoms with E-state index in [2.05, 4.69) is 15.6 Å². The van der Waals surface area contributed by atoms with E-state index in [0.717, 1.165) is 16.5 Å². The van der Waals surface area contributed by atoms with Gasteiger partial charge in [-0.25, -0.2) is 0 Å². The first-order chi connectivity index (χ1) is 13.4.